The Kier molecular flexibility index (Phi) is 11.2. The van der Waals surface area contributed by atoms with E-state index in [1.807, 2.05) is 43.3 Å². The summed E-state index contributed by atoms with van der Waals surface area (Å²) in [6.45, 7) is 4.74. The van der Waals surface area contributed by atoms with Crippen molar-refractivity contribution >= 4 is 28.9 Å². The molecule has 2 aromatic carbocycles. The largest absolute Gasteiger partial charge is 0.496 e. The van der Waals surface area contributed by atoms with Gasteiger partial charge in [-0.2, -0.15) is 0 Å². The molecule has 3 aromatic rings. The number of aliphatic hydroxyl groups is 1. The van der Waals surface area contributed by atoms with Gasteiger partial charge < -0.3 is 34.3 Å². The van der Waals surface area contributed by atoms with Gasteiger partial charge in [-0.25, -0.2) is 4.79 Å². The summed E-state index contributed by atoms with van der Waals surface area (Å²) in [5.74, 6) is -4.17. The maximum Gasteiger partial charge on any atom is 0.336 e. The van der Waals surface area contributed by atoms with Crippen molar-refractivity contribution in [1.82, 2.24) is 4.90 Å². The Morgan fingerprint density at radius 2 is 1.69 bits per heavy atom. The van der Waals surface area contributed by atoms with E-state index in [1.165, 1.54) is 0 Å². The normalized spacial score (nSPS) is 14.8. The van der Waals surface area contributed by atoms with Crippen LogP contribution in [0.5, 0.6) is 5.75 Å². The second-order valence-corrected chi connectivity index (χ2v) is 10.2. The highest BCUT2D eigenvalue weighted by Gasteiger charge is 2.40. The van der Waals surface area contributed by atoms with Gasteiger partial charge in [-0.1, -0.05) is 29.8 Å². The average Bonchev–Trinajstić information content (AvgIpc) is 3.43. The molecule has 0 amide bonds. The summed E-state index contributed by atoms with van der Waals surface area (Å²) in [6.07, 6.45) is 1.64. The molecule has 226 valence electrons. The number of aliphatic carboxylic acids is 3. The van der Waals surface area contributed by atoms with Crippen LogP contribution in [-0.4, -0.2) is 75.2 Å². The molecule has 0 aliphatic carbocycles. The van der Waals surface area contributed by atoms with Crippen LogP contribution in [0, 0.1) is 6.92 Å². The Labute approximate surface area is 241 Å². The molecule has 1 aliphatic rings. The lowest BCUT2D eigenvalue weighted by Crippen LogP contribution is -2.42. The van der Waals surface area contributed by atoms with Gasteiger partial charge in [0.25, 0.3) is 0 Å². The molecule has 1 aliphatic heterocycles. The molecule has 4 rings (SSSR count). The molecule has 1 unspecified atom stereocenters. The second kappa shape index (κ2) is 14.6. The maximum atomic E-state index is 13.1. The van der Waals surface area contributed by atoms with Gasteiger partial charge in [0.15, 0.2) is 11.0 Å². The summed E-state index contributed by atoms with van der Waals surface area (Å²) < 4.78 is 17.1. The summed E-state index contributed by atoms with van der Waals surface area (Å²) >= 11 is 0. The van der Waals surface area contributed by atoms with Gasteiger partial charge >= 0.3 is 17.9 Å². The van der Waals surface area contributed by atoms with Crippen molar-refractivity contribution in [2.24, 2.45) is 0 Å². The Balaban J connectivity index is 0.000000316. The highest BCUT2D eigenvalue weighted by molar-refractivity contribution is 5.88. The van der Waals surface area contributed by atoms with Crippen LogP contribution in [0.3, 0.4) is 0 Å². The fourth-order valence-corrected chi connectivity index (χ4v) is 4.69. The predicted molar refractivity (Wildman–Crippen MR) is 150 cm³/mol. The Hall–Kier alpha value is -4.26. The molecule has 0 saturated carbocycles. The smallest absolute Gasteiger partial charge is 0.336 e. The number of nitrogens with zero attached hydrogens (tertiary/aromatic N) is 1. The van der Waals surface area contributed by atoms with E-state index in [0.717, 1.165) is 42.9 Å². The molecule has 2 heterocycles. The van der Waals surface area contributed by atoms with Crippen LogP contribution < -0.4 is 10.2 Å². The minimum Gasteiger partial charge on any atom is -0.496 e. The van der Waals surface area contributed by atoms with Crippen LogP contribution in [0.25, 0.3) is 11.0 Å². The number of fused-ring (bicyclic) bond motifs is 1. The Bertz CT molecular complexity index is 1440. The van der Waals surface area contributed by atoms with Gasteiger partial charge in [-0.15, -0.1) is 0 Å². The van der Waals surface area contributed by atoms with Crippen LogP contribution in [0.4, 0.5) is 0 Å². The molecule has 0 bridgehead atoms. The number of methoxy groups -OCH3 is 1. The highest BCUT2D eigenvalue weighted by atomic mass is 16.5. The molecular weight excluding hydrogens is 550 g/mol. The van der Waals surface area contributed by atoms with E-state index in [0.29, 0.717) is 29.6 Å². The van der Waals surface area contributed by atoms with Gasteiger partial charge in [0, 0.05) is 37.4 Å². The lowest BCUT2D eigenvalue weighted by atomic mass is 9.96. The first kappa shape index (κ1) is 32.3. The number of aryl methyl sites for hydroxylation is 1. The SMILES string of the molecule is COc1ccccc1CN(Cc1coc2ccc(C)cc2c1=O)CC1CCCO1.O=C(O)CC(O)(CC(=O)O)C(=O)O. The Morgan fingerprint density at radius 3 is 2.29 bits per heavy atom. The third kappa shape index (κ3) is 8.87. The van der Waals surface area contributed by atoms with Gasteiger partial charge in [0.2, 0.25) is 0 Å². The molecule has 0 radical (unpaired) electrons. The van der Waals surface area contributed by atoms with Crippen molar-refractivity contribution in [1.29, 1.82) is 0 Å². The zero-order chi connectivity index (χ0) is 30.9. The maximum absolute atomic E-state index is 13.1. The number of ether oxygens (including phenoxy) is 2. The van der Waals surface area contributed by atoms with E-state index >= 15 is 0 Å². The molecule has 42 heavy (non-hydrogen) atoms. The summed E-state index contributed by atoms with van der Waals surface area (Å²) in [4.78, 5) is 45.8. The molecule has 1 saturated heterocycles. The molecule has 4 N–H and O–H groups in total. The van der Waals surface area contributed by atoms with Crippen molar-refractivity contribution in [3.05, 3.63) is 75.6 Å². The van der Waals surface area contributed by atoms with Gasteiger partial charge in [0.05, 0.1) is 37.7 Å². The van der Waals surface area contributed by atoms with Crippen molar-refractivity contribution < 1.29 is 48.7 Å². The summed E-state index contributed by atoms with van der Waals surface area (Å²) in [6, 6.07) is 13.7. The third-order valence-corrected chi connectivity index (χ3v) is 6.75. The van der Waals surface area contributed by atoms with E-state index in [4.69, 9.17) is 34.3 Å². The molecule has 1 aromatic heterocycles. The third-order valence-electron chi connectivity index (χ3n) is 6.75. The first-order chi connectivity index (χ1) is 19.9. The minimum absolute atomic E-state index is 0.0346. The number of hydrogen-bond donors (Lipinski definition) is 4. The van der Waals surface area contributed by atoms with Crippen LogP contribution in [0.2, 0.25) is 0 Å². The molecule has 1 atom stereocenters. The van der Waals surface area contributed by atoms with E-state index in [1.54, 1.807) is 13.4 Å². The fraction of sp³-hybridized carbons (Fsp3) is 0.400. The minimum atomic E-state index is -2.74. The van der Waals surface area contributed by atoms with Gasteiger partial charge in [-0.3, -0.25) is 19.3 Å². The molecule has 12 heteroatoms. The fourth-order valence-electron chi connectivity index (χ4n) is 4.69. The van der Waals surface area contributed by atoms with Crippen molar-refractivity contribution in [2.45, 2.75) is 57.4 Å². The summed E-state index contributed by atoms with van der Waals surface area (Å²) in [5.41, 5.74) is 0.724. The van der Waals surface area contributed by atoms with E-state index in [2.05, 4.69) is 11.0 Å². The van der Waals surface area contributed by atoms with Crippen LogP contribution in [-0.2, 0) is 32.2 Å². The van der Waals surface area contributed by atoms with Gasteiger partial charge in [-0.05, 0) is 38.0 Å². The molecule has 12 nitrogen and oxygen atoms in total. The van der Waals surface area contributed by atoms with Crippen molar-refractivity contribution in [3.8, 4) is 5.75 Å². The van der Waals surface area contributed by atoms with E-state index in [9.17, 15) is 19.2 Å². The monoisotopic (exact) mass is 585 g/mol. The van der Waals surface area contributed by atoms with E-state index in [-0.39, 0.29) is 11.5 Å². The molecule has 1 fully saturated rings. The Morgan fingerprint density at radius 1 is 1.02 bits per heavy atom. The van der Waals surface area contributed by atoms with Crippen LogP contribution in [0.15, 0.2) is 57.9 Å². The number of rotatable bonds is 12. The van der Waals surface area contributed by atoms with Crippen molar-refractivity contribution in [3.63, 3.8) is 0 Å². The first-order valence-corrected chi connectivity index (χ1v) is 13.3. The number of hydrogen-bond acceptors (Lipinski definition) is 9. The molecule has 0 spiro atoms. The summed E-state index contributed by atoms with van der Waals surface area (Å²) in [7, 11) is 1.68. The number of carbonyl (C=O) groups is 3. The summed E-state index contributed by atoms with van der Waals surface area (Å²) in [5, 5.41) is 34.4. The van der Waals surface area contributed by atoms with Gasteiger partial charge in [0.1, 0.15) is 11.3 Å². The highest BCUT2D eigenvalue weighted by Crippen LogP contribution is 2.23. The standard InChI is InChI=1S/C24H27NO4.C6H8O7/c1-17-9-10-23-21(12-17)24(26)19(16-29-23)14-25(15-20-7-5-11-28-20)13-18-6-3-4-8-22(18)27-2;7-3(8)1-6(13,5(11)12)2-4(9)10/h3-4,6,8-10,12,16,20H,5,7,11,13-15H2,1-2H3;13H,1-2H2,(H,7,8)(H,9,10)(H,11,12). The zero-order valence-corrected chi connectivity index (χ0v) is 23.4. The number of carboxylic acids is 3. The zero-order valence-electron chi connectivity index (χ0n) is 23.4. The second-order valence-electron chi connectivity index (χ2n) is 10.2. The average molecular weight is 586 g/mol. The quantitative estimate of drug-likeness (QED) is 0.244. The lowest BCUT2D eigenvalue weighted by Gasteiger charge is -2.25. The van der Waals surface area contributed by atoms with Crippen LogP contribution >= 0.6 is 0 Å². The number of carboxylic acid groups (broad SMARTS) is 3. The van der Waals surface area contributed by atoms with Crippen molar-refractivity contribution in [2.75, 3.05) is 20.3 Å². The lowest BCUT2D eigenvalue weighted by molar-refractivity contribution is -0.170. The molecular formula is C30H35NO11. The number of para-hydroxylation sites is 1. The van der Waals surface area contributed by atoms with E-state index < -0.39 is 36.4 Å². The number of benzene rings is 2. The first-order valence-electron chi connectivity index (χ1n) is 13.3. The topological polar surface area (TPSA) is 184 Å². The predicted octanol–water partition coefficient (Wildman–Crippen LogP) is 3.04. The van der Waals surface area contributed by atoms with Crippen LogP contribution in [0.1, 0.15) is 42.4 Å².